The Morgan fingerprint density at radius 3 is 1.95 bits per heavy atom. The molecule has 0 heterocycles. The molecule has 0 aromatic rings. The Hall–Kier alpha value is -0.640. The Kier molecular flexibility index (Phi) is 4.49. The van der Waals surface area contributed by atoms with E-state index in [1.807, 2.05) is 0 Å². The van der Waals surface area contributed by atoms with Crippen molar-refractivity contribution in [3.8, 4) is 0 Å². The molecule has 4 heteroatoms. The van der Waals surface area contributed by atoms with Crippen LogP contribution in [-0.4, -0.2) is 16.4 Å². The van der Waals surface area contributed by atoms with E-state index in [1.54, 1.807) is 0 Å². The standard InChI is InChI=1S/C15H26N2OS/c1-14(8-6-7-9-14)17-13(18)15(12(16)19)10-4-2-3-5-11-15/h2-11H2,1H3,(H2,16,19)(H,17,18). The largest absolute Gasteiger partial charge is 0.392 e. The number of nitrogens with two attached hydrogens (primary N) is 1. The third-order valence-corrected chi connectivity index (χ3v) is 5.38. The average molecular weight is 282 g/mol. The van der Waals surface area contributed by atoms with Gasteiger partial charge in [0.2, 0.25) is 5.91 Å². The van der Waals surface area contributed by atoms with Crippen LogP contribution in [0.3, 0.4) is 0 Å². The van der Waals surface area contributed by atoms with E-state index < -0.39 is 5.41 Å². The summed E-state index contributed by atoms with van der Waals surface area (Å²) in [6, 6.07) is 0. The van der Waals surface area contributed by atoms with Crippen molar-refractivity contribution >= 4 is 23.1 Å². The van der Waals surface area contributed by atoms with Crippen LogP contribution in [0.2, 0.25) is 0 Å². The molecule has 2 rings (SSSR count). The lowest BCUT2D eigenvalue weighted by atomic mass is 9.78. The molecule has 3 nitrogen and oxygen atoms in total. The highest BCUT2D eigenvalue weighted by Gasteiger charge is 2.44. The molecular formula is C15H26N2OS. The Bertz CT molecular complexity index is 353. The summed E-state index contributed by atoms with van der Waals surface area (Å²) in [4.78, 5) is 13.2. The number of amides is 1. The van der Waals surface area contributed by atoms with Crippen molar-refractivity contribution in [1.82, 2.24) is 5.32 Å². The summed E-state index contributed by atoms with van der Waals surface area (Å²) < 4.78 is 0. The number of nitrogens with one attached hydrogen (secondary N) is 1. The average Bonchev–Trinajstić information content (AvgIpc) is 2.65. The molecule has 0 radical (unpaired) electrons. The van der Waals surface area contributed by atoms with E-state index in [-0.39, 0.29) is 11.4 Å². The fourth-order valence-electron chi connectivity index (χ4n) is 3.59. The van der Waals surface area contributed by atoms with Gasteiger partial charge < -0.3 is 11.1 Å². The van der Waals surface area contributed by atoms with Crippen molar-refractivity contribution in [3.05, 3.63) is 0 Å². The van der Waals surface area contributed by atoms with Crippen molar-refractivity contribution in [3.63, 3.8) is 0 Å². The fourth-order valence-corrected chi connectivity index (χ4v) is 3.89. The zero-order valence-electron chi connectivity index (χ0n) is 12.0. The first kappa shape index (κ1) is 14.8. The Morgan fingerprint density at radius 1 is 1.00 bits per heavy atom. The van der Waals surface area contributed by atoms with Gasteiger partial charge in [-0.05, 0) is 32.6 Å². The van der Waals surface area contributed by atoms with E-state index >= 15 is 0 Å². The van der Waals surface area contributed by atoms with Crippen LogP contribution in [-0.2, 0) is 4.79 Å². The predicted molar refractivity (Wildman–Crippen MR) is 81.9 cm³/mol. The Morgan fingerprint density at radius 2 is 1.47 bits per heavy atom. The second-order valence-electron chi connectivity index (χ2n) is 6.58. The monoisotopic (exact) mass is 282 g/mol. The van der Waals surface area contributed by atoms with Crippen LogP contribution in [0.4, 0.5) is 0 Å². The molecule has 0 bridgehead atoms. The van der Waals surface area contributed by atoms with Gasteiger partial charge in [-0.1, -0.05) is 50.7 Å². The van der Waals surface area contributed by atoms with Crippen LogP contribution < -0.4 is 11.1 Å². The maximum absolute atomic E-state index is 12.8. The lowest BCUT2D eigenvalue weighted by molar-refractivity contribution is -0.129. The van der Waals surface area contributed by atoms with Gasteiger partial charge in [0.05, 0.1) is 10.4 Å². The molecule has 0 saturated heterocycles. The lowest BCUT2D eigenvalue weighted by Crippen LogP contribution is -2.54. The smallest absolute Gasteiger partial charge is 0.233 e. The zero-order valence-corrected chi connectivity index (χ0v) is 12.8. The van der Waals surface area contributed by atoms with Gasteiger partial charge in [0.25, 0.3) is 0 Å². The molecule has 108 valence electrons. The Balaban J connectivity index is 2.13. The SMILES string of the molecule is CC1(NC(=O)C2(C(N)=S)CCCCCC2)CCCC1. The van der Waals surface area contributed by atoms with Gasteiger partial charge in [0.1, 0.15) is 0 Å². The summed E-state index contributed by atoms with van der Waals surface area (Å²) in [7, 11) is 0. The van der Waals surface area contributed by atoms with E-state index in [1.165, 1.54) is 25.7 Å². The van der Waals surface area contributed by atoms with Crippen LogP contribution >= 0.6 is 12.2 Å². The van der Waals surface area contributed by atoms with Crippen molar-refractivity contribution in [2.45, 2.75) is 76.7 Å². The number of carbonyl (C=O) groups excluding carboxylic acids is 1. The second-order valence-corrected chi connectivity index (χ2v) is 7.02. The third kappa shape index (κ3) is 3.10. The fraction of sp³-hybridized carbons (Fsp3) is 0.867. The van der Waals surface area contributed by atoms with E-state index in [0.717, 1.165) is 38.5 Å². The predicted octanol–water partition coefficient (Wildman–Crippen LogP) is 3.06. The summed E-state index contributed by atoms with van der Waals surface area (Å²) in [5.41, 5.74) is 5.33. The molecule has 2 aliphatic carbocycles. The van der Waals surface area contributed by atoms with Gasteiger partial charge >= 0.3 is 0 Å². The van der Waals surface area contributed by atoms with Gasteiger partial charge in [-0.3, -0.25) is 4.79 Å². The number of thiocarbonyl (C=S) groups is 1. The first-order valence-electron chi connectivity index (χ1n) is 7.61. The van der Waals surface area contributed by atoms with Gasteiger partial charge in [-0.25, -0.2) is 0 Å². The summed E-state index contributed by atoms with van der Waals surface area (Å²) in [6.07, 6.45) is 10.7. The quantitative estimate of drug-likeness (QED) is 0.618. The maximum Gasteiger partial charge on any atom is 0.233 e. The van der Waals surface area contributed by atoms with Crippen LogP contribution in [0.25, 0.3) is 0 Å². The van der Waals surface area contributed by atoms with Crippen LogP contribution in [0, 0.1) is 5.41 Å². The zero-order chi connectivity index (χ0) is 13.9. The highest BCUT2D eigenvalue weighted by atomic mass is 32.1. The van der Waals surface area contributed by atoms with Crippen molar-refractivity contribution < 1.29 is 4.79 Å². The highest BCUT2D eigenvalue weighted by molar-refractivity contribution is 7.80. The van der Waals surface area contributed by atoms with Crippen molar-refractivity contribution in [2.75, 3.05) is 0 Å². The molecule has 2 saturated carbocycles. The molecule has 0 aliphatic heterocycles. The van der Waals surface area contributed by atoms with Crippen LogP contribution in [0.1, 0.15) is 71.1 Å². The molecule has 1 amide bonds. The van der Waals surface area contributed by atoms with Gasteiger partial charge in [-0.2, -0.15) is 0 Å². The summed E-state index contributed by atoms with van der Waals surface area (Å²) in [5, 5.41) is 3.27. The molecule has 0 spiro atoms. The van der Waals surface area contributed by atoms with Crippen molar-refractivity contribution in [2.24, 2.45) is 11.1 Å². The summed E-state index contributed by atoms with van der Waals surface area (Å²) in [6.45, 7) is 2.15. The molecule has 0 aromatic carbocycles. The van der Waals surface area contributed by atoms with Gasteiger partial charge in [-0.15, -0.1) is 0 Å². The number of rotatable bonds is 3. The van der Waals surface area contributed by atoms with Gasteiger partial charge in [0.15, 0.2) is 0 Å². The molecular weight excluding hydrogens is 256 g/mol. The number of carbonyl (C=O) groups is 1. The van der Waals surface area contributed by atoms with Crippen LogP contribution in [0.5, 0.6) is 0 Å². The van der Waals surface area contributed by atoms with Crippen molar-refractivity contribution in [1.29, 1.82) is 0 Å². The lowest BCUT2D eigenvalue weighted by Gasteiger charge is -2.35. The van der Waals surface area contributed by atoms with E-state index in [9.17, 15) is 4.79 Å². The first-order valence-corrected chi connectivity index (χ1v) is 8.02. The second kappa shape index (κ2) is 5.78. The van der Waals surface area contributed by atoms with E-state index in [4.69, 9.17) is 18.0 Å². The normalized spacial score (nSPS) is 25.5. The highest BCUT2D eigenvalue weighted by Crippen LogP contribution is 2.38. The minimum atomic E-state index is -0.586. The molecule has 0 unspecified atom stereocenters. The van der Waals surface area contributed by atoms with Gasteiger partial charge in [0, 0.05) is 5.54 Å². The van der Waals surface area contributed by atoms with E-state index in [2.05, 4.69) is 12.2 Å². The maximum atomic E-state index is 12.8. The number of hydrogen-bond donors (Lipinski definition) is 2. The Labute approximate surface area is 121 Å². The molecule has 3 N–H and O–H groups in total. The molecule has 2 aliphatic rings. The minimum absolute atomic E-state index is 0.0405. The summed E-state index contributed by atoms with van der Waals surface area (Å²) >= 11 is 5.26. The molecule has 2 fully saturated rings. The molecule has 0 aromatic heterocycles. The van der Waals surface area contributed by atoms with E-state index in [0.29, 0.717) is 4.99 Å². The first-order chi connectivity index (χ1) is 8.99. The summed E-state index contributed by atoms with van der Waals surface area (Å²) in [5.74, 6) is 0.0892. The third-order valence-electron chi connectivity index (χ3n) is 4.99. The molecule has 0 atom stereocenters. The molecule has 19 heavy (non-hydrogen) atoms. The number of hydrogen-bond acceptors (Lipinski definition) is 2. The minimum Gasteiger partial charge on any atom is -0.392 e. The van der Waals surface area contributed by atoms with Crippen LogP contribution in [0.15, 0.2) is 0 Å². The topological polar surface area (TPSA) is 55.1 Å².